The van der Waals surface area contributed by atoms with Crippen LogP contribution in [0.1, 0.15) is 6.92 Å². The summed E-state index contributed by atoms with van der Waals surface area (Å²) in [6, 6.07) is 17.2. The molecular weight excluding hydrogens is 304 g/mol. The highest BCUT2D eigenvalue weighted by molar-refractivity contribution is 5.94. The minimum absolute atomic E-state index is 0.169. The van der Waals surface area contributed by atoms with Crippen molar-refractivity contribution in [2.45, 2.75) is 13.0 Å². The van der Waals surface area contributed by atoms with E-state index in [9.17, 15) is 4.79 Å². The lowest BCUT2D eigenvalue weighted by atomic mass is 10.2. The van der Waals surface area contributed by atoms with Crippen LogP contribution in [0.4, 0.5) is 11.4 Å². The van der Waals surface area contributed by atoms with Gasteiger partial charge in [-0.1, -0.05) is 24.3 Å². The molecule has 1 fully saturated rings. The second-order valence-corrected chi connectivity index (χ2v) is 5.71. The molecule has 2 aromatic carbocycles. The third kappa shape index (κ3) is 4.26. The van der Waals surface area contributed by atoms with Crippen molar-refractivity contribution in [3.05, 3.63) is 54.6 Å². The number of benzene rings is 2. The summed E-state index contributed by atoms with van der Waals surface area (Å²) in [5, 5.41) is 2.92. The van der Waals surface area contributed by atoms with Crippen LogP contribution in [0.5, 0.6) is 5.75 Å². The molecule has 0 radical (unpaired) electrons. The SMILES string of the molecule is CC(Oc1ccccc1)C(=O)Nc1cccc(N2CCOCC2)c1. The normalized spacial score (nSPS) is 15.6. The highest BCUT2D eigenvalue weighted by Crippen LogP contribution is 2.21. The molecule has 1 aliphatic rings. The van der Waals surface area contributed by atoms with Crippen LogP contribution in [-0.4, -0.2) is 38.3 Å². The van der Waals surface area contributed by atoms with Gasteiger partial charge < -0.3 is 19.7 Å². The maximum Gasteiger partial charge on any atom is 0.265 e. The minimum Gasteiger partial charge on any atom is -0.481 e. The van der Waals surface area contributed by atoms with Crippen molar-refractivity contribution in [2.75, 3.05) is 36.5 Å². The molecule has 0 bridgehead atoms. The van der Waals surface area contributed by atoms with Gasteiger partial charge in [-0.3, -0.25) is 4.79 Å². The highest BCUT2D eigenvalue weighted by atomic mass is 16.5. The summed E-state index contributed by atoms with van der Waals surface area (Å²) in [6.45, 7) is 4.95. The minimum atomic E-state index is -0.570. The molecule has 24 heavy (non-hydrogen) atoms. The fourth-order valence-corrected chi connectivity index (χ4v) is 2.60. The van der Waals surface area contributed by atoms with Crippen molar-refractivity contribution < 1.29 is 14.3 Å². The molecule has 2 aromatic rings. The Balaban J connectivity index is 1.61. The van der Waals surface area contributed by atoms with E-state index in [0.717, 1.165) is 37.7 Å². The second kappa shape index (κ2) is 7.84. The Morgan fingerprint density at radius 1 is 1.12 bits per heavy atom. The van der Waals surface area contributed by atoms with Crippen molar-refractivity contribution in [3.63, 3.8) is 0 Å². The molecule has 126 valence electrons. The first-order valence-corrected chi connectivity index (χ1v) is 8.18. The van der Waals surface area contributed by atoms with Crippen LogP contribution in [0, 0.1) is 0 Å². The topological polar surface area (TPSA) is 50.8 Å². The van der Waals surface area contributed by atoms with E-state index in [4.69, 9.17) is 9.47 Å². The molecule has 1 N–H and O–H groups in total. The Kier molecular flexibility index (Phi) is 5.33. The van der Waals surface area contributed by atoms with Gasteiger partial charge in [0.05, 0.1) is 13.2 Å². The van der Waals surface area contributed by atoms with Gasteiger partial charge in [-0.15, -0.1) is 0 Å². The van der Waals surface area contributed by atoms with E-state index in [1.54, 1.807) is 6.92 Å². The average Bonchev–Trinajstić information content (AvgIpc) is 2.63. The lowest BCUT2D eigenvalue weighted by Crippen LogP contribution is -2.36. The van der Waals surface area contributed by atoms with Crippen molar-refractivity contribution >= 4 is 17.3 Å². The molecule has 0 saturated carbocycles. The van der Waals surface area contributed by atoms with Gasteiger partial charge >= 0.3 is 0 Å². The predicted molar refractivity (Wildman–Crippen MR) is 94.6 cm³/mol. The molecule has 1 saturated heterocycles. The van der Waals surface area contributed by atoms with Crippen molar-refractivity contribution in [2.24, 2.45) is 0 Å². The fraction of sp³-hybridized carbons (Fsp3) is 0.316. The van der Waals surface area contributed by atoms with Crippen LogP contribution in [0.3, 0.4) is 0 Å². The van der Waals surface area contributed by atoms with Crippen molar-refractivity contribution in [3.8, 4) is 5.75 Å². The summed E-state index contributed by atoms with van der Waals surface area (Å²) in [4.78, 5) is 14.6. The lowest BCUT2D eigenvalue weighted by Gasteiger charge is -2.29. The zero-order valence-corrected chi connectivity index (χ0v) is 13.8. The van der Waals surface area contributed by atoms with Crippen molar-refractivity contribution in [1.29, 1.82) is 0 Å². The summed E-state index contributed by atoms with van der Waals surface area (Å²) in [7, 11) is 0. The first kappa shape index (κ1) is 16.3. The van der Waals surface area contributed by atoms with Crippen LogP contribution < -0.4 is 15.0 Å². The van der Waals surface area contributed by atoms with Gasteiger partial charge in [0.2, 0.25) is 0 Å². The number of anilines is 2. The van der Waals surface area contributed by atoms with Crippen LogP contribution in [0.2, 0.25) is 0 Å². The maximum atomic E-state index is 12.3. The van der Waals surface area contributed by atoms with Gasteiger partial charge in [0.1, 0.15) is 5.75 Å². The number of morpholine rings is 1. The number of nitrogens with one attached hydrogen (secondary N) is 1. The van der Waals surface area contributed by atoms with E-state index >= 15 is 0 Å². The second-order valence-electron chi connectivity index (χ2n) is 5.71. The Morgan fingerprint density at radius 3 is 2.62 bits per heavy atom. The Labute approximate surface area is 142 Å². The van der Waals surface area contributed by atoms with Crippen LogP contribution in [0.25, 0.3) is 0 Å². The standard InChI is InChI=1S/C19H22N2O3/c1-15(24-18-8-3-2-4-9-18)19(22)20-16-6-5-7-17(14-16)21-10-12-23-13-11-21/h2-9,14-15H,10-13H2,1H3,(H,20,22). The summed E-state index contributed by atoms with van der Waals surface area (Å²) in [5.74, 6) is 0.514. The van der Waals surface area contributed by atoms with Crippen LogP contribution >= 0.6 is 0 Å². The first-order chi connectivity index (χ1) is 11.7. The van der Waals surface area contributed by atoms with Gasteiger partial charge in [0.15, 0.2) is 6.10 Å². The highest BCUT2D eigenvalue weighted by Gasteiger charge is 2.16. The van der Waals surface area contributed by atoms with E-state index in [0.29, 0.717) is 5.75 Å². The number of para-hydroxylation sites is 1. The third-order valence-corrected chi connectivity index (χ3v) is 3.92. The Hall–Kier alpha value is -2.53. The monoisotopic (exact) mass is 326 g/mol. The zero-order valence-electron chi connectivity index (χ0n) is 13.8. The summed E-state index contributed by atoms with van der Waals surface area (Å²) in [6.07, 6.45) is -0.570. The number of hydrogen-bond donors (Lipinski definition) is 1. The number of amides is 1. The van der Waals surface area contributed by atoms with Gasteiger partial charge in [-0.05, 0) is 37.3 Å². The smallest absolute Gasteiger partial charge is 0.265 e. The molecule has 1 atom stereocenters. The van der Waals surface area contributed by atoms with E-state index in [1.165, 1.54) is 0 Å². The molecule has 5 nitrogen and oxygen atoms in total. The Morgan fingerprint density at radius 2 is 1.88 bits per heavy atom. The Bertz CT molecular complexity index is 669. The quantitative estimate of drug-likeness (QED) is 0.918. The number of carbonyl (C=O) groups is 1. The molecule has 1 unspecified atom stereocenters. The van der Waals surface area contributed by atoms with E-state index < -0.39 is 6.10 Å². The number of hydrogen-bond acceptors (Lipinski definition) is 4. The molecule has 5 heteroatoms. The first-order valence-electron chi connectivity index (χ1n) is 8.18. The van der Waals surface area contributed by atoms with Gasteiger partial charge in [0, 0.05) is 24.5 Å². The molecular formula is C19H22N2O3. The number of nitrogens with zero attached hydrogens (tertiary/aromatic N) is 1. The number of ether oxygens (including phenoxy) is 2. The largest absolute Gasteiger partial charge is 0.481 e. The molecule has 1 heterocycles. The molecule has 1 amide bonds. The number of carbonyl (C=O) groups excluding carboxylic acids is 1. The number of rotatable bonds is 5. The van der Waals surface area contributed by atoms with Crippen LogP contribution in [0.15, 0.2) is 54.6 Å². The molecule has 1 aliphatic heterocycles. The third-order valence-electron chi connectivity index (χ3n) is 3.92. The predicted octanol–water partition coefficient (Wildman–Crippen LogP) is 2.93. The summed E-state index contributed by atoms with van der Waals surface area (Å²) < 4.78 is 11.0. The molecule has 0 aromatic heterocycles. The van der Waals surface area contributed by atoms with Gasteiger partial charge in [-0.25, -0.2) is 0 Å². The van der Waals surface area contributed by atoms with Crippen LogP contribution in [-0.2, 0) is 9.53 Å². The lowest BCUT2D eigenvalue weighted by molar-refractivity contribution is -0.122. The molecule has 0 aliphatic carbocycles. The van der Waals surface area contributed by atoms with Crippen molar-refractivity contribution in [1.82, 2.24) is 0 Å². The summed E-state index contributed by atoms with van der Waals surface area (Å²) >= 11 is 0. The molecule has 3 rings (SSSR count). The fourth-order valence-electron chi connectivity index (χ4n) is 2.60. The van der Waals surface area contributed by atoms with E-state index in [2.05, 4.69) is 10.2 Å². The van der Waals surface area contributed by atoms with E-state index in [-0.39, 0.29) is 5.91 Å². The van der Waals surface area contributed by atoms with E-state index in [1.807, 2.05) is 54.6 Å². The zero-order chi connectivity index (χ0) is 16.8. The average molecular weight is 326 g/mol. The maximum absolute atomic E-state index is 12.3. The molecule has 0 spiro atoms. The summed E-state index contributed by atoms with van der Waals surface area (Å²) in [5.41, 5.74) is 1.86. The van der Waals surface area contributed by atoms with Gasteiger partial charge in [-0.2, -0.15) is 0 Å². The van der Waals surface area contributed by atoms with Gasteiger partial charge in [0.25, 0.3) is 5.91 Å².